The number of ether oxygens (including phenoxy) is 1. The fraction of sp³-hybridized carbons (Fsp3) is 0.429. The lowest BCUT2D eigenvalue weighted by atomic mass is 10.4. The molecule has 1 aromatic heterocycles. The molecule has 58 valence electrons. The van der Waals surface area contributed by atoms with Gasteiger partial charge >= 0.3 is 0 Å². The first-order valence-corrected chi connectivity index (χ1v) is 3.49. The number of imidazole rings is 1. The highest BCUT2D eigenvalue weighted by Gasteiger charge is 2.12. The number of hydrogen-bond donors (Lipinski definition) is 0. The molecule has 2 rings (SSSR count). The molecule has 1 aliphatic rings. The second-order valence-electron chi connectivity index (χ2n) is 2.42. The predicted octanol–water partition coefficient (Wildman–Crippen LogP) is 0.226. The third-order valence-corrected chi connectivity index (χ3v) is 1.78. The van der Waals surface area contributed by atoms with E-state index in [2.05, 4.69) is 4.98 Å². The number of fused-ring (bicyclic) bond motifs is 1. The summed E-state index contributed by atoms with van der Waals surface area (Å²) in [6.07, 6.45) is 2.40. The summed E-state index contributed by atoms with van der Waals surface area (Å²) < 4.78 is 7.04. The summed E-state index contributed by atoms with van der Waals surface area (Å²) in [4.78, 5) is 14.5. The van der Waals surface area contributed by atoms with Crippen LogP contribution in [0, 0.1) is 0 Å². The van der Waals surface area contributed by atoms with Gasteiger partial charge in [-0.3, -0.25) is 4.79 Å². The summed E-state index contributed by atoms with van der Waals surface area (Å²) >= 11 is 0. The van der Waals surface area contributed by atoms with E-state index in [4.69, 9.17) is 4.74 Å². The van der Waals surface area contributed by atoms with E-state index in [0.717, 1.165) is 18.7 Å². The number of aromatic nitrogens is 2. The van der Waals surface area contributed by atoms with Crippen LogP contribution in [-0.4, -0.2) is 22.4 Å². The molecule has 4 heteroatoms. The lowest BCUT2D eigenvalue weighted by molar-refractivity contribution is 0.0800. The molecule has 0 aromatic carbocycles. The van der Waals surface area contributed by atoms with E-state index in [1.54, 1.807) is 6.20 Å². The van der Waals surface area contributed by atoms with Crippen LogP contribution >= 0.6 is 0 Å². The van der Waals surface area contributed by atoms with Crippen LogP contribution in [0.2, 0.25) is 0 Å². The molecule has 0 radical (unpaired) electrons. The Morgan fingerprint density at radius 1 is 1.73 bits per heavy atom. The lowest BCUT2D eigenvalue weighted by Crippen LogP contribution is -2.18. The van der Waals surface area contributed by atoms with Crippen LogP contribution in [0.4, 0.5) is 0 Å². The first-order chi connectivity index (χ1) is 5.42. The minimum Gasteiger partial charge on any atom is -0.372 e. The van der Waals surface area contributed by atoms with Crippen LogP contribution in [0.5, 0.6) is 0 Å². The van der Waals surface area contributed by atoms with Crippen molar-refractivity contribution in [2.24, 2.45) is 0 Å². The SMILES string of the molecule is O=Cc1cnc2n1CCOC2. The second-order valence-corrected chi connectivity index (χ2v) is 2.42. The Morgan fingerprint density at radius 3 is 3.45 bits per heavy atom. The fourth-order valence-corrected chi connectivity index (χ4v) is 1.22. The number of rotatable bonds is 1. The van der Waals surface area contributed by atoms with Crippen LogP contribution in [0.15, 0.2) is 6.20 Å². The zero-order chi connectivity index (χ0) is 7.68. The molecule has 0 unspecified atom stereocenters. The maximum absolute atomic E-state index is 10.4. The largest absolute Gasteiger partial charge is 0.372 e. The zero-order valence-electron chi connectivity index (χ0n) is 5.99. The van der Waals surface area contributed by atoms with Gasteiger partial charge < -0.3 is 9.30 Å². The third kappa shape index (κ3) is 0.952. The van der Waals surface area contributed by atoms with Gasteiger partial charge in [0.15, 0.2) is 6.29 Å². The molecule has 11 heavy (non-hydrogen) atoms. The van der Waals surface area contributed by atoms with Crippen molar-refractivity contribution in [3.63, 3.8) is 0 Å². The Bertz CT molecular complexity index is 280. The van der Waals surface area contributed by atoms with Crippen molar-refractivity contribution < 1.29 is 9.53 Å². The van der Waals surface area contributed by atoms with Gasteiger partial charge in [-0.25, -0.2) is 4.98 Å². The van der Waals surface area contributed by atoms with Crippen molar-refractivity contribution in [2.45, 2.75) is 13.2 Å². The van der Waals surface area contributed by atoms with Crippen molar-refractivity contribution in [1.29, 1.82) is 0 Å². The van der Waals surface area contributed by atoms with E-state index < -0.39 is 0 Å². The van der Waals surface area contributed by atoms with Crippen LogP contribution < -0.4 is 0 Å². The molecule has 4 nitrogen and oxygen atoms in total. The van der Waals surface area contributed by atoms with E-state index in [9.17, 15) is 4.79 Å². The molecule has 1 aromatic rings. The molecular weight excluding hydrogens is 144 g/mol. The number of hydrogen-bond acceptors (Lipinski definition) is 3. The summed E-state index contributed by atoms with van der Waals surface area (Å²) in [6, 6.07) is 0. The topological polar surface area (TPSA) is 44.1 Å². The average molecular weight is 152 g/mol. The standard InChI is InChI=1S/C7H8N2O2/c10-4-6-3-8-7-5-11-2-1-9(6)7/h3-4H,1-2,5H2. The Hall–Kier alpha value is -1.16. The third-order valence-electron chi connectivity index (χ3n) is 1.78. The van der Waals surface area contributed by atoms with Gasteiger partial charge in [0.1, 0.15) is 18.1 Å². The van der Waals surface area contributed by atoms with Gasteiger partial charge in [-0.15, -0.1) is 0 Å². The quantitative estimate of drug-likeness (QED) is 0.541. The molecule has 0 atom stereocenters. The molecule has 0 aliphatic carbocycles. The summed E-state index contributed by atoms with van der Waals surface area (Å²) in [5, 5.41) is 0. The maximum Gasteiger partial charge on any atom is 0.168 e. The molecule has 0 bridgehead atoms. The van der Waals surface area contributed by atoms with Crippen LogP contribution in [-0.2, 0) is 17.9 Å². The van der Waals surface area contributed by atoms with Gasteiger partial charge in [0, 0.05) is 6.54 Å². The molecule has 0 saturated heterocycles. The maximum atomic E-state index is 10.4. The van der Waals surface area contributed by atoms with Gasteiger partial charge in [-0.1, -0.05) is 0 Å². The average Bonchev–Trinajstić information content (AvgIpc) is 2.47. The van der Waals surface area contributed by atoms with Gasteiger partial charge in [0.25, 0.3) is 0 Å². The van der Waals surface area contributed by atoms with Gasteiger partial charge in [0.2, 0.25) is 0 Å². The molecular formula is C7H8N2O2. The van der Waals surface area contributed by atoms with Gasteiger partial charge in [-0.05, 0) is 0 Å². The van der Waals surface area contributed by atoms with E-state index in [0.29, 0.717) is 18.9 Å². The van der Waals surface area contributed by atoms with Crippen molar-refractivity contribution in [1.82, 2.24) is 9.55 Å². The summed E-state index contributed by atoms with van der Waals surface area (Å²) in [7, 11) is 0. The lowest BCUT2D eigenvalue weighted by Gasteiger charge is -2.14. The van der Waals surface area contributed by atoms with Crippen molar-refractivity contribution in [3.05, 3.63) is 17.7 Å². The highest BCUT2D eigenvalue weighted by Crippen LogP contribution is 2.09. The molecule has 0 amide bonds. The van der Waals surface area contributed by atoms with Crippen LogP contribution in [0.25, 0.3) is 0 Å². The Morgan fingerprint density at radius 2 is 2.64 bits per heavy atom. The second kappa shape index (κ2) is 2.47. The van der Waals surface area contributed by atoms with E-state index in [1.807, 2.05) is 4.57 Å². The van der Waals surface area contributed by atoms with Gasteiger partial charge in [-0.2, -0.15) is 0 Å². The highest BCUT2D eigenvalue weighted by atomic mass is 16.5. The molecule has 1 aliphatic heterocycles. The minimum absolute atomic E-state index is 0.522. The van der Waals surface area contributed by atoms with Gasteiger partial charge in [0.05, 0.1) is 12.8 Å². The summed E-state index contributed by atoms with van der Waals surface area (Å²) in [5.41, 5.74) is 0.642. The first kappa shape index (κ1) is 6.54. The zero-order valence-corrected chi connectivity index (χ0v) is 5.99. The van der Waals surface area contributed by atoms with Crippen LogP contribution in [0.1, 0.15) is 16.3 Å². The minimum atomic E-state index is 0.522. The fourth-order valence-electron chi connectivity index (χ4n) is 1.22. The Labute approximate surface area is 63.8 Å². The summed E-state index contributed by atoms with van der Waals surface area (Å²) in [5.74, 6) is 0.846. The molecule has 2 heterocycles. The smallest absolute Gasteiger partial charge is 0.168 e. The molecule has 0 N–H and O–H groups in total. The van der Waals surface area contributed by atoms with Crippen molar-refractivity contribution in [2.75, 3.05) is 6.61 Å². The van der Waals surface area contributed by atoms with Crippen LogP contribution in [0.3, 0.4) is 0 Å². The number of carbonyl (C=O) groups is 1. The van der Waals surface area contributed by atoms with Crippen molar-refractivity contribution in [3.8, 4) is 0 Å². The predicted molar refractivity (Wildman–Crippen MR) is 37.3 cm³/mol. The summed E-state index contributed by atoms with van der Waals surface area (Å²) in [6.45, 7) is 1.93. The molecule has 0 spiro atoms. The van der Waals surface area contributed by atoms with E-state index >= 15 is 0 Å². The monoisotopic (exact) mass is 152 g/mol. The number of nitrogens with zero attached hydrogens (tertiary/aromatic N) is 2. The normalized spacial score (nSPS) is 16.0. The van der Waals surface area contributed by atoms with E-state index in [1.165, 1.54) is 0 Å². The first-order valence-electron chi connectivity index (χ1n) is 3.49. The highest BCUT2D eigenvalue weighted by molar-refractivity contribution is 5.71. The number of carbonyl (C=O) groups excluding carboxylic acids is 1. The molecule has 0 saturated carbocycles. The number of aldehydes is 1. The van der Waals surface area contributed by atoms with Crippen molar-refractivity contribution >= 4 is 6.29 Å². The molecule has 0 fully saturated rings. The van der Waals surface area contributed by atoms with E-state index in [-0.39, 0.29) is 0 Å². The Balaban J connectivity index is 2.45. The Kier molecular flexibility index (Phi) is 1.47.